The van der Waals surface area contributed by atoms with Crippen LogP contribution in [0.5, 0.6) is 0 Å². The van der Waals surface area contributed by atoms with Crippen LogP contribution >= 0.6 is 7.60 Å². The van der Waals surface area contributed by atoms with E-state index in [1.165, 1.54) is 0 Å². The van der Waals surface area contributed by atoms with E-state index < -0.39 is 7.60 Å². The molecule has 78 valence electrons. The van der Waals surface area contributed by atoms with Crippen molar-refractivity contribution >= 4 is 13.4 Å². The summed E-state index contributed by atoms with van der Waals surface area (Å²) in [5.74, 6) is 0.526. The summed E-state index contributed by atoms with van der Waals surface area (Å²) in [7, 11) is -3.67. The van der Waals surface area contributed by atoms with Crippen LogP contribution in [0.1, 0.15) is 33.6 Å². The van der Waals surface area contributed by atoms with Crippen LogP contribution in [-0.2, 0) is 4.57 Å². The van der Waals surface area contributed by atoms with Crippen molar-refractivity contribution in [1.29, 1.82) is 0 Å². The van der Waals surface area contributed by atoms with Crippen molar-refractivity contribution in [3.8, 4) is 0 Å². The molecule has 0 saturated carbocycles. The number of nitrogens with one attached hydrogen (secondary N) is 1. The quantitative estimate of drug-likeness (QED) is 0.428. The van der Waals surface area contributed by atoms with E-state index >= 15 is 0 Å². The minimum atomic E-state index is -3.67. The minimum Gasteiger partial charge on any atom is -0.300 e. The molecule has 5 heteroatoms. The number of hydrogen-bond acceptors (Lipinski definition) is 2. The van der Waals surface area contributed by atoms with Gasteiger partial charge in [0.25, 0.3) is 0 Å². The lowest BCUT2D eigenvalue weighted by Gasteiger charge is -2.11. The highest BCUT2D eigenvalue weighted by Crippen LogP contribution is 2.41. The van der Waals surface area contributed by atoms with Gasteiger partial charge in [0.2, 0.25) is 0 Å². The zero-order chi connectivity index (χ0) is 10.3. The Hall–Kier alpha value is -0.370. The average Bonchev–Trinajstić information content (AvgIpc) is 2.05. The first kappa shape index (κ1) is 12.6. The van der Waals surface area contributed by atoms with E-state index in [1.54, 1.807) is 6.92 Å². The molecule has 1 unspecified atom stereocenters. The standard InChI is InChI=1S/C8H18FN2OP/c1-4-7-8(10-5-2)11-13(9,12)6-3/h4-7H2,1-3H3,(H,10,11,12). The number of halogens is 1. The predicted octanol–water partition coefficient (Wildman–Crippen LogP) is 2.98. The number of aliphatic imine (C=N–C) groups is 1. The summed E-state index contributed by atoms with van der Waals surface area (Å²) in [6, 6.07) is 0. The van der Waals surface area contributed by atoms with Gasteiger partial charge in [-0.1, -0.05) is 13.8 Å². The molecule has 0 saturated heterocycles. The third-order valence-electron chi connectivity index (χ3n) is 1.54. The first-order valence-corrected chi connectivity index (χ1v) is 6.44. The molecule has 13 heavy (non-hydrogen) atoms. The fourth-order valence-electron chi connectivity index (χ4n) is 0.870. The number of nitrogens with zero attached hydrogens (tertiary/aromatic N) is 1. The maximum absolute atomic E-state index is 13.1. The zero-order valence-electron chi connectivity index (χ0n) is 8.51. The molecule has 1 N–H and O–H groups in total. The van der Waals surface area contributed by atoms with Crippen molar-refractivity contribution in [3.63, 3.8) is 0 Å². The molecule has 0 rings (SSSR count). The Morgan fingerprint density at radius 2 is 2.08 bits per heavy atom. The second-order valence-electron chi connectivity index (χ2n) is 2.75. The fourth-order valence-corrected chi connectivity index (χ4v) is 1.60. The third kappa shape index (κ3) is 5.81. The maximum atomic E-state index is 13.1. The molecule has 0 amide bonds. The van der Waals surface area contributed by atoms with Gasteiger partial charge in [0.05, 0.1) is 0 Å². The Morgan fingerprint density at radius 3 is 2.46 bits per heavy atom. The maximum Gasteiger partial charge on any atom is 0.332 e. The molecule has 0 aromatic heterocycles. The smallest absolute Gasteiger partial charge is 0.300 e. The lowest BCUT2D eigenvalue weighted by Crippen LogP contribution is -2.19. The van der Waals surface area contributed by atoms with Gasteiger partial charge >= 0.3 is 7.60 Å². The summed E-state index contributed by atoms with van der Waals surface area (Å²) in [6.45, 7) is 5.99. The Balaban J connectivity index is 4.26. The molecule has 0 aliphatic heterocycles. The Bertz CT molecular complexity index is 218. The van der Waals surface area contributed by atoms with Gasteiger partial charge in [-0.25, -0.2) is 0 Å². The van der Waals surface area contributed by atoms with E-state index in [1.807, 2.05) is 13.8 Å². The zero-order valence-corrected chi connectivity index (χ0v) is 9.40. The molecule has 0 aromatic rings. The van der Waals surface area contributed by atoms with E-state index in [0.717, 1.165) is 6.42 Å². The highest BCUT2D eigenvalue weighted by Gasteiger charge is 2.18. The van der Waals surface area contributed by atoms with Crippen molar-refractivity contribution in [2.75, 3.05) is 12.7 Å². The van der Waals surface area contributed by atoms with Crippen LogP contribution in [0.3, 0.4) is 0 Å². The molecule has 0 aromatic carbocycles. The molecule has 0 bridgehead atoms. The number of hydrogen-bond donors (Lipinski definition) is 1. The lowest BCUT2D eigenvalue weighted by molar-refractivity contribution is 0.536. The third-order valence-corrected chi connectivity index (χ3v) is 2.94. The largest absolute Gasteiger partial charge is 0.332 e. The van der Waals surface area contributed by atoms with Gasteiger partial charge in [0.15, 0.2) is 0 Å². The van der Waals surface area contributed by atoms with Crippen molar-refractivity contribution in [3.05, 3.63) is 0 Å². The molecule has 0 spiro atoms. The highest BCUT2D eigenvalue weighted by atomic mass is 31.2. The summed E-state index contributed by atoms with van der Waals surface area (Å²) in [6.07, 6.45) is 1.54. The lowest BCUT2D eigenvalue weighted by atomic mass is 10.3. The van der Waals surface area contributed by atoms with Crippen LogP contribution in [0.2, 0.25) is 0 Å². The normalized spacial score (nSPS) is 16.8. The van der Waals surface area contributed by atoms with Gasteiger partial charge in [-0.3, -0.25) is 9.56 Å². The SMILES string of the molecule is CCCC(=NCC)NP(=O)(F)CC. The van der Waals surface area contributed by atoms with Gasteiger partial charge in [-0.05, 0) is 13.3 Å². The van der Waals surface area contributed by atoms with E-state index in [2.05, 4.69) is 10.1 Å². The molecule has 0 aliphatic rings. The second kappa shape index (κ2) is 6.14. The van der Waals surface area contributed by atoms with Crippen LogP contribution in [-0.4, -0.2) is 18.5 Å². The van der Waals surface area contributed by atoms with Crippen molar-refractivity contribution < 1.29 is 8.76 Å². The van der Waals surface area contributed by atoms with E-state index in [0.29, 0.717) is 18.8 Å². The van der Waals surface area contributed by atoms with Crippen molar-refractivity contribution in [1.82, 2.24) is 5.09 Å². The molecule has 0 fully saturated rings. The monoisotopic (exact) mass is 208 g/mol. The second-order valence-corrected chi connectivity index (χ2v) is 4.91. The van der Waals surface area contributed by atoms with Crippen molar-refractivity contribution in [2.45, 2.75) is 33.6 Å². The van der Waals surface area contributed by atoms with Gasteiger partial charge < -0.3 is 5.09 Å². The topological polar surface area (TPSA) is 41.5 Å². The molecule has 0 radical (unpaired) electrons. The number of rotatable bonds is 5. The molecule has 0 heterocycles. The van der Waals surface area contributed by atoms with Gasteiger partial charge in [0.1, 0.15) is 5.84 Å². The first-order chi connectivity index (χ1) is 6.05. The fraction of sp³-hybridized carbons (Fsp3) is 0.875. The van der Waals surface area contributed by atoms with Gasteiger partial charge in [-0.2, -0.15) is 4.20 Å². The van der Waals surface area contributed by atoms with Crippen LogP contribution in [0.15, 0.2) is 4.99 Å². The predicted molar refractivity (Wildman–Crippen MR) is 55.3 cm³/mol. The summed E-state index contributed by atoms with van der Waals surface area (Å²) < 4.78 is 24.2. The van der Waals surface area contributed by atoms with Gasteiger partial charge in [-0.15, -0.1) is 0 Å². The molecule has 0 aliphatic carbocycles. The molecule has 3 nitrogen and oxygen atoms in total. The Morgan fingerprint density at radius 1 is 1.46 bits per heavy atom. The molecule has 1 atom stereocenters. The van der Waals surface area contributed by atoms with Crippen LogP contribution < -0.4 is 5.09 Å². The highest BCUT2D eigenvalue weighted by molar-refractivity contribution is 7.57. The Kier molecular flexibility index (Phi) is 5.97. The Labute approximate surface area is 79.4 Å². The average molecular weight is 208 g/mol. The van der Waals surface area contributed by atoms with E-state index in [4.69, 9.17) is 0 Å². The molecular weight excluding hydrogens is 190 g/mol. The van der Waals surface area contributed by atoms with Gasteiger partial charge in [0, 0.05) is 19.1 Å². The van der Waals surface area contributed by atoms with Crippen LogP contribution in [0.4, 0.5) is 4.20 Å². The summed E-state index contributed by atoms with van der Waals surface area (Å²) in [5.41, 5.74) is 0. The first-order valence-electron chi connectivity index (χ1n) is 4.66. The summed E-state index contributed by atoms with van der Waals surface area (Å²) >= 11 is 0. The molecular formula is C8H18FN2OP. The minimum absolute atomic E-state index is 0.0133. The van der Waals surface area contributed by atoms with Crippen LogP contribution in [0, 0.1) is 0 Å². The van der Waals surface area contributed by atoms with Crippen molar-refractivity contribution in [2.24, 2.45) is 4.99 Å². The summed E-state index contributed by atoms with van der Waals surface area (Å²) in [4.78, 5) is 4.04. The number of amidine groups is 1. The van der Waals surface area contributed by atoms with Crippen LogP contribution in [0.25, 0.3) is 0 Å². The van der Waals surface area contributed by atoms with E-state index in [-0.39, 0.29) is 6.16 Å². The summed E-state index contributed by atoms with van der Waals surface area (Å²) in [5, 5.41) is 2.38. The van der Waals surface area contributed by atoms with E-state index in [9.17, 15) is 8.76 Å².